The van der Waals surface area contributed by atoms with Crippen molar-refractivity contribution in [2.75, 3.05) is 23.8 Å². The van der Waals surface area contributed by atoms with Crippen LogP contribution in [0.1, 0.15) is 13.3 Å². The van der Waals surface area contributed by atoms with Gasteiger partial charge in [0.1, 0.15) is 0 Å². The molecule has 3 aromatic rings. The van der Waals surface area contributed by atoms with Gasteiger partial charge in [-0.3, -0.25) is 14.2 Å². The predicted molar refractivity (Wildman–Crippen MR) is 114 cm³/mol. The lowest BCUT2D eigenvalue weighted by Gasteiger charge is -2.21. The molecule has 1 amide bonds. The molecule has 160 valence electrons. The Balaban J connectivity index is 1.55. The van der Waals surface area contributed by atoms with E-state index in [1.54, 1.807) is 42.7 Å². The number of esters is 1. The normalized spacial score (nSPS) is 10.5. The third kappa shape index (κ3) is 5.73. The Kier molecular flexibility index (Phi) is 7.84. The Hall–Kier alpha value is -3.58. The van der Waals surface area contributed by atoms with Crippen LogP contribution in [-0.4, -0.2) is 45.5 Å². The molecule has 10 heteroatoms. The number of hydrogen-bond acceptors (Lipinski definition) is 8. The van der Waals surface area contributed by atoms with Gasteiger partial charge in [-0.25, -0.2) is 0 Å². The minimum Gasteiger partial charge on any atom is -0.461 e. The van der Waals surface area contributed by atoms with Crippen molar-refractivity contribution in [2.45, 2.75) is 25.0 Å². The molecule has 0 atom stereocenters. The van der Waals surface area contributed by atoms with E-state index in [9.17, 15) is 9.59 Å². The maximum Gasteiger partial charge on any atom is 0.316 e. The first-order valence-electron chi connectivity index (χ1n) is 9.62. The van der Waals surface area contributed by atoms with Gasteiger partial charge in [-0.1, -0.05) is 30.0 Å². The topological polar surface area (TPSA) is 114 Å². The Labute approximate surface area is 183 Å². The number of para-hydroxylation sites is 1. The smallest absolute Gasteiger partial charge is 0.316 e. The average Bonchev–Trinajstić information content (AvgIpc) is 3.46. The summed E-state index contributed by atoms with van der Waals surface area (Å²) in [5, 5.41) is 17.6. The van der Waals surface area contributed by atoms with Gasteiger partial charge in [-0.2, -0.15) is 5.26 Å². The third-order valence-corrected chi connectivity index (χ3v) is 5.21. The molecule has 0 spiro atoms. The molecule has 0 aliphatic carbocycles. The van der Waals surface area contributed by atoms with Crippen molar-refractivity contribution in [2.24, 2.45) is 0 Å². The van der Waals surface area contributed by atoms with Gasteiger partial charge >= 0.3 is 5.97 Å². The van der Waals surface area contributed by atoms with Gasteiger partial charge in [0.2, 0.25) is 0 Å². The molecule has 0 aliphatic heterocycles. The van der Waals surface area contributed by atoms with Gasteiger partial charge in [-0.15, -0.1) is 10.2 Å². The van der Waals surface area contributed by atoms with Crippen molar-refractivity contribution < 1.29 is 18.7 Å². The highest BCUT2D eigenvalue weighted by molar-refractivity contribution is 7.99. The summed E-state index contributed by atoms with van der Waals surface area (Å²) < 4.78 is 12.4. The molecule has 3 rings (SSSR count). The number of aromatic nitrogens is 3. The number of ether oxygens (including phenoxy) is 1. The van der Waals surface area contributed by atoms with Gasteiger partial charge < -0.3 is 14.1 Å². The molecular weight excluding hydrogens is 418 g/mol. The number of furan rings is 1. The summed E-state index contributed by atoms with van der Waals surface area (Å²) >= 11 is 1.17. The zero-order valence-corrected chi connectivity index (χ0v) is 17.7. The van der Waals surface area contributed by atoms with E-state index in [0.29, 0.717) is 29.0 Å². The van der Waals surface area contributed by atoms with E-state index in [1.807, 2.05) is 23.6 Å². The fourth-order valence-electron chi connectivity index (χ4n) is 2.82. The van der Waals surface area contributed by atoms with Gasteiger partial charge in [0, 0.05) is 18.8 Å². The van der Waals surface area contributed by atoms with E-state index >= 15 is 0 Å². The Morgan fingerprint density at radius 3 is 2.71 bits per heavy atom. The first kappa shape index (κ1) is 22.1. The van der Waals surface area contributed by atoms with Crippen molar-refractivity contribution >= 4 is 29.3 Å². The molecule has 2 aromatic heterocycles. The van der Waals surface area contributed by atoms with Crippen molar-refractivity contribution in [3.63, 3.8) is 0 Å². The fraction of sp³-hybridized carbons (Fsp3) is 0.286. The second-order valence-corrected chi connectivity index (χ2v) is 7.21. The summed E-state index contributed by atoms with van der Waals surface area (Å²) in [6, 6.07) is 14.5. The first-order valence-corrected chi connectivity index (χ1v) is 10.6. The van der Waals surface area contributed by atoms with Crippen LogP contribution >= 0.6 is 11.8 Å². The molecule has 9 nitrogen and oxygen atoms in total. The summed E-state index contributed by atoms with van der Waals surface area (Å²) in [5.41, 5.74) is 0.648. The van der Waals surface area contributed by atoms with Crippen LogP contribution in [0, 0.1) is 11.3 Å². The van der Waals surface area contributed by atoms with Crippen LogP contribution in [0.25, 0.3) is 11.6 Å². The van der Waals surface area contributed by atoms with Crippen LogP contribution in [0.4, 0.5) is 5.69 Å². The number of anilines is 1. The lowest BCUT2D eigenvalue weighted by Crippen LogP contribution is -2.35. The van der Waals surface area contributed by atoms with E-state index in [1.165, 1.54) is 16.7 Å². The number of benzene rings is 1. The summed E-state index contributed by atoms with van der Waals surface area (Å²) in [5.74, 6) is 0.211. The van der Waals surface area contributed by atoms with Crippen LogP contribution in [0.3, 0.4) is 0 Å². The number of amides is 1. The van der Waals surface area contributed by atoms with Crippen LogP contribution in [-0.2, 0) is 20.9 Å². The second-order valence-electron chi connectivity index (χ2n) is 6.27. The third-order valence-electron chi connectivity index (χ3n) is 4.27. The maximum absolute atomic E-state index is 12.6. The standard InChI is InChI=1S/C21H21N5O4S/c1-2-25-20(17-10-6-13-29-17)23-24-21(25)31-15-19(28)30-14-18(27)26(12-7-11-22)16-8-4-3-5-9-16/h3-6,8-10,13H,2,7,12,14-15H2,1H3. The Bertz CT molecular complexity index is 1040. The molecule has 0 saturated heterocycles. The van der Waals surface area contributed by atoms with Crippen molar-refractivity contribution in [1.82, 2.24) is 14.8 Å². The molecule has 31 heavy (non-hydrogen) atoms. The van der Waals surface area contributed by atoms with Gasteiger partial charge in [0.25, 0.3) is 5.91 Å². The molecule has 0 N–H and O–H groups in total. The minimum atomic E-state index is -0.545. The summed E-state index contributed by atoms with van der Waals surface area (Å²) in [7, 11) is 0. The molecule has 1 aromatic carbocycles. The highest BCUT2D eigenvalue weighted by Crippen LogP contribution is 2.24. The Morgan fingerprint density at radius 2 is 2.03 bits per heavy atom. The minimum absolute atomic E-state index is 0.0207. The first-order chi connectivity index (χ1) is 15.1. The van der Waals surface area contributed by atoms with Gasteiger partial charge in [0.05, 0.1) is 24.5 Å². The van der Waals surface area contributed by atoms with E-state index in [4.69, 9.17) is 14.4 Å². The van der Waals surface area contributed by atoms with E-state index in [0.717, 1.165) is 0 Å². The molecule has 2 heterocycles. The summed E-state index contributed by atoms with van der Waals surface area (Å²) in [4.78, 5) is 26.2. The lowest BCUT2D eigenvalue weighted by atomic mass is 10.2. The highest BCUT2D eigenvalue weighted by Gasteiger charge is 2.19. The Morgan fingerprint density at radius 1 is 1.23 bits per heavy atom. The van der Waals surface area contributed by atoms with Gasteiger partial charge in [-0.05, 0) is 31.2 Å². The average molecular weight is 439 g/mol. The molecule has 0 saturated carbocycles. The number of carbonyl (C=O) groups excluding carboxylic acids is 2. The van der Waals surface area contributed by atoms with Gasteiger partial charge in [0.15, 0.2) is 23.3 Å². The SMILES string of the molecule is CCn1c(SCC(=O)OCC(=O)N(CCC#N)c2ccccc2)nnc1-c1ccco1. The van der Waals surface area contributed by atoms with Crippen LogP contribution in [0.2, 0.25) is 0 Å². The highest BCUT2D eigenvalue weighted by atomic mass is 32.2. The second kappa shape index (κ2) is 11.0. The van der Waals surface area contributed by atoms with Crippen molar-refractivity contribution in [3.05, 3.63) is 48.7 Å². The molecule has 0 bridgehead atoms. The largest absolute Gasteiger partial charge is 0.461 e. The van der Waals surface area contributed by atoms with Crippen LogP contribution in [0.15, 0.2) is 58.3 Å². The zero-order valence-electron chi connectivity index (χ0n) is 16.9. The fourth-order valence-corrected chi connectivity index (χ4v) is 3.62. The van der Waals surface area contributed by atoms with Crippen molar-refractivity contribution in [3.8, 4) is 17.7 Å². The van der Waals surface area contributed by atoms with E-state index in [2.05, 4.69) is 10.2 Å². The summed E-state index contributed by atoms with van der Waals surface area (Å²) in [6.45, 7) is 2.36. The molecule has 0 radical (unpaired) electrons. The molecule has 0 aliphatic rings. The number of thioether (sulfide) groups is 1. The monoisotopic (exact) mass is 439 g/mol. The number of rotatable bonds is 10. The number of carbonyl (C=O) groups is 2. The molecule has 0 unspecified atom stereocenters. The predicted octanol–water partition coefficient (Wildman–Crippen LogP) is 3.14. The number of nitrogens with zero attached hydrogens (tertiary/aromatic N) is 5. The maximum atomic E-state index is 12.6. The summed E-state index contributed by atoms with van der Waals surface area (Å²) in [6.07, 6.45) is 1.73. The van der Waals surface area contributed by atoms with Crippen molar-refractivity contribution in [1.29, 1.82) is 5.26 Å². The van der Waals surface area contributed by atoms with Crippen LogP contribution in [0.5, 0.6) is 0 Å². The molecular formula is C21H21N5O4S. The number of nitriles is 1. The quantitative estimate of drug-likeness (QED) is 0.350. The van der Waals surface area contributed by atoms with E-state index in [-0.39, 0.29) is 18.7 Å². The lowest BCUT2D eigenvalue weighted by molar-refractivity contribution is -0.145. The number of hydrogen-bond donors (Lipinski definition) is 0. The zero-order chi connectivity index (χ0) is 22.1. The van der Waals surface area contributed by atoms with E-state index < -0.39 is 18.5 Å². The van der Waals surface area contributed by atoms with Crippen LogP contribution < -0.4 is 4.90 Å². The molecule has 0 fully saturated rings.